The molecule has 5 amide bonds. The molecule has 1 aromatic rings. The number of hydroxylamine groups is 1. The highest BCUT2D eigenvalue weighted by Crippen LogP contribution is 2.28. The number of likely N-dealkylation sites (tertiary alicyclic amines) is 1. The molecule has 0 spiro atoms. The van der Waals surface area contributed by atoms with Crippen molar-refractivity contribution >= 4 is 41.1 Å². The molecule has 4 atom stereocenters. The lowest BCUT2D eigenvalue weighted by molar-refractivity contribution is -0.141. The van der Waals surface area contributed by atoms with Gasteiger partial charge in [0.1, 0.15) is 18.0 Å². The first-order valence-electron chi connectivity index (χ1n) is 17.9. The first-order valence-corrected chi connectivity index (χ1v) is 17.9. The van der Waals surface area contributed by atoms with E-state index in [1.54, 1.807) is 22.5 Å². The van der Waals surface area contributed by atoms with Crippen LogP contribution < -0.4 is 25.9 Å². The van der Waals surface area contributed by atoms with Crippen LogP contribution in [0.1, 0.15) is 72.6 Å². The molecule has 0 bridgehead atoms. The van der Waals surface area contributed by atoms with Crippen LogP contribution in [-0.4, -0.2) is 116 Å². The van der Waals surface area contributed by atoms with Crippen molar-refractivity contribution in [2.45, 2.75) is 90.8 Å². The van der Waals surface area contributed by atoms with E-state index in [4.69, 9.17) is 14.7 Å². The zero-order valence-electron chi connectivity index (χ0n) is 30.2. The number of morpholine rings is 1. The Labute approximate surface area is 299 Å². The van der Waals surface area contributed by atoms with E-state index < -0.39 is 30.1 Å². The Morgan fingerprint density at radius 3 is 2.43 bits per heavy atom. The van der Waals surface area contributed by atoms with Gasteiger partial charge in [-0.2, -0.15) is 0 Å². The molecule has 3 fully saturated rings. The number of hydrogen-bond donors (Lipinski definition) is 5. The molecule has 0 aromatic heterocycles. The van der Waals surface area contributed by atoms with Crippen LogP contribution in [0.2, 0.25) is 0 Å². The first-order chi connectivity index (χ1) is 24.4. The third-order valence-corrected chi connectivity index (χ3v) is 9.23. The highest BCUT2D eigenvalue weighted by atomic mass is 19.1. The van der Waals surface area contributed by atoms with Crippen molar-refractivity contribution in [3.8, 4) is 0 Å². The summed E-state index contributed by atoms with van der Waals surface area (Å²) in [4.78, 5) is 65.1. The van der Waals surface area contributed by atoms with Crippen LogP contribution in [0.15, 0.2) is 18.2 Å². The average molecular weight is 723 g/mol. The SMILES string of the molecule is CC(=O)NC[C@H]1CN(c2ccc(N3CCOCC3)c(F)c2)C(=O)O1.CCCCCC(CC(=O)NO)C(=O)NC(C(=O)N1CCCC1CO)C(C)C. The number of benzene rings is 1. The Kier molecular flexibility index (Phi) is 16.8. The maximum Gasteiger partial charge on any atom is 0.414 e. The minimum atomic E-state index is -0.699. The standard InChI is InChI=1S/C19H35N3O5.C16H20FN3O4/c1-4-5-6-8-14(11-16(24)21-27)18(25)20-17(13(2)3)19(26)22-10-7-9-15(22)12-23;1-11(21)18-9-13-10-20(16(22)24-13)12-2-3-15(14(17)8-12)19-4-6-23-7-5-19/h13-15,17,23,27H,4-12H2,1-3H3,(H,20,25)(H,21,24);2-3,8,13H,4-7,9-10H2,1H3,(H,18,21)/t;13-/m.0/s1. The molecule has 1 aromatic carbocycles. The minimum absolute atomic E-state index is 0.0825. The zero-order chi connectivity index (χ0) is 37.5. The summed E-state index contributed by atoms with van der Waals surface area (Å²) in [6.07, 6.45) is 3.76. The van der Waals surface area contributed by atoms with Gasteiger partial charge in [-0.3, -0.25) is 29.3 Å². The Hall–Kier alpha value is -4.02. The summed E-state index contributed by atoms with van der Waals surface area (Å²) in [7, 11) is 0. The number of halogens is 1. The minimum Gasteiger partial charge on any atom is -0.442 e. The van der Waals surface area contributed by atoms with E-state index in [2.05, 4.69) is 17.6 Å². The average Bonchev–Trinajstić information content (AvgIpc) is 3.75. The summed E-state index contributed by atoms with van der Waals surface area (Å²) in [5.74, 6) is -2.43. The number of nitrogens with zero attached hydrogens (tertiary/aromatic N) is 3. The lowest BCUT2D eigenvalue weighted by Crippen LogP contribution is -2.54. The van der Waals surface area contributed by atoms with Gasteiger partial charge in [-0.25, -0.2) is 14.7 Å². The van der Waals surface area contributed by atoms with Crippen molar-refractivity contribution in [2.24, 2.45) is 11.8 Å². The Balaban J connectivity index is 0.000000277. The summed E-state index contributed by atoms with van der Waals surface area (Å²) in [5.41, 5.74) is 2.52. The molecule has 3 aliphatic heterocycles. The number of rotatable bonds is 15. The van der Waals surface area contributed by atoms with Crippen LogP contribution in [0.25, 0.3) is 0 Å². The number of nitrogens with one attached hydrogen (secondary N) is 3. The van der Waals surface area contributed by atoms with Crippen LogP contribution in [0.3, 0.4) is 0 Å². The quantitative estimate of drug-likeness (QED) is 0.102. The maximum absolute atomic E-state index is 14.4. The lowest BCUT2D eigenvalue weighted by Gasteiger charge is -2.31. The van der Waals surface area contributed by atoms with Crippen LogP contribution in [0, 0.1) is 17.7 Å². The number of amides is 5. The molecule has 3 heterocycles. The molecule has 0 saturated carbocycles. The van der Waals surface area contributed by atoms with Gasteiger partial charge >= 0.3 is 6.09 Å². The van der Waals surface area contributed by atoms with Gasteiger partial charge in [0.25, 0.3) is 0 Å². The van der Waals surface area contributed by atoms with E-state index >= 15 is 0 Å². The molecule has 3 unspecified atom stereocenters. The maximum atomic E-state index is 14.4. The molecule has 0 aliphatic carbocycles. The van der Waals surface area contributed by atoms with Gasteiger partial charge in [-0.15, -0.1) is 0 Å². The fourth-order valence-electron chi connectivity index (χ4n) is 6.34. The highest BCUT2D eigenvalue weighted by molar-refractivity contribution is 5.91. The second-order valence-electron chi connectivity index (χ2n) is 13.5. The molecule has 4 rings (SSSR count). The second kappa shape index (κ2) is 20.7. The molecular weight excluding hydrogens is 667 g/mol. The van der Waals surface area contributed by atoms with E-state index in [9.17, 15) is 33.5 Å². The van der Waals surface area contributed by atoms with Gasteiger partial charge in [-0.1, -0.05) is 40.0 Å². The molecule has 5 N–H and O–H groups in total. The van der Waals surface area contributed by atoms with E-state index in [0.717, 1.165) is 32.1 Å². The van der Waals surface area contributed by atoms with Gasteiger partial charge in [0.15, 0.2) is 0 Å². The third kappa shape index (κ3) is 12.3. The summed E-state index contributed by atoms with van der Waals surface area (Å²) < 4.78 is 24.9. The van der Waals surface area contributed by atoms with Crippen molar-refractivity contribution < 1.29 is 48.2 Å². The first kappa shape index (κ1) is 41.4. The number of aliphatic hydroxyl groups is 1. The largest absolute Gasteiger partial charge is 0.442 e. The van der Waals surface area contributed by atoms with Crippen LogP contribution in [0.4, 0.5) is 20.6 Å². The van der Waals surface area contributed by atoms with E-state index in [1.807, 2.05) is 18.7 Å². The number of ether oxygens (including phenoxy) is 2. The van der Waals surface area contributed by atoms with E-state index in [1.165, 1.54) is 17.9 Å². The van der Waals surface area contributed by atoms with Crippen LogP contribution >= 0.6 is 0 Å². The molecule has 15 nitrogen and oxygen atoms in total. The number of anilines is 2. The van der Waals surface area contributed by atoms with E-state index in [-0.39, 0.29) is 61.6 Å². The molecule has 0 radical (unpaired) electrons. The van der Waals surface area contributed by atoms with Gasteiger partial charge in [0.05, 0.1) is 50.3 Å². The zero-order valence-corrected chi connectivity index (χ0v) is 30.2. The predicted octanol–water partition coefficient (Wildman–Crippen LogP) is 2.33. The normalized spacial score (nSPS) is 19.9. The molecule has 51 heavy (non-hydrogen) atoms. The number of carbonyl (C=O) groups is 5. The van der Waals surface area contributed by atoms with Crippen molar-refractivity contribution in [1.29, 1.82) is 0 Å². The number of unbranched alkanes of at least 4 members (excludes halogenated alkanes) is 2. The molecule has 16 heteroatoms. The second-order valence-corrected chi connectivity index (χ2v) is 13.5. The van der Waals surface area contributed by atoms with Crippen molar-refractivity contribution in [3.05, 3.63) is 24.0 Å². The number of aliphatic hydroxyl groups excluding tert-OH is 1. The molecular formula is C35H55FN6O9. The highest BCUT2D eigenvalue weighted by Gasteiger charge is 2.36. The van der Waals surface area contributed by atoms with E-state index in [0.29, 0.717) is 50.6 Å². The summed E-state index contributed by atoms with van der Waals surface area (Å²) in [6, 6.07) is 3.82. The molecule has 286 valence electrons. The number of cyclic esters (lactones) is 1. The monoisotopic (exact) mass is 722 g/mol. The topological polar surface area (TPSA) is 190 Å². The summed E-state index contributed by atoms with van der Waals surface area (Å²) >= 11 is 0. The fraction of sp³-hybridized carbons (Fsp3) is 0.686. The smallest absolute Gasteiger partial charge is 0.414 e. The summed E-state index contributed by atoms with van der Waals surface area (Å²) in [5, 5.41) is 23.7. The van der Waals surface area contributed by atoms with Crippen molar-refractivity contribution in [3.63, 3.8) is 0 Å². The third-order valence-electron chi connectivity index (χ3n) is 9.23. The fourth-order valence-corrected chi connectivity index (χ4v) is 6.34. The Morgan fingerprint density at radius 1 is 1.10 bits per heavy atom. The predicted molar refractivity (Wildman–Crippen MR) is 186 cm³/mol. The Bertz CT molecular complexity index is 1330. The Morgan fingerprint density at radius 2 is 1.82 bits per heavy atom. The molecule has 3 aliphatic rings. The number of hydrogen-bond acceptors (Lipinski definition) is 10. The lowest BCUT2D eigenvalue weighted by atomic mass is 9.94. The van der Waals surface area contributed by atoms with Gasteiger partial charge < -0.3 is 35.0 Å². The molecule has 3 saturated heterocycles. The van der Waals surface area contributed by atoms with Crippen LogP contribution in [-0.2, 0) is 28.7 Å². The van der Waals surface area contributed by atoms with Gasteiger partial charge in [0, 0.05) is 38.9 Å². The van der Waals surface area contributed by atoms with Gasteiger partial charge in [-0.05, 0) is 43.4 Å². The summed E-state index contributed by atoms with van der Waals surface area (Å²) in [6.45, 7) is 10.6. The number of carbonyl (C=O) groups excluding carboxylic acids is 5. The van der Waals surface area contributed by atoms with Crippen molar-refractivity contribution in [2.75, 3.05) is 62.3 Å². The van der Waals surface area contributed by atoms with Crippen molar-refractivity contribution in [1.82, 2.24) is 21.0 Å². The van der Waals surface area contributed by atoms with Gasteiger partial charge in [0.2, 0.25) is 23.6 Å². The van der Waals surface area contributed by atoms with Crippen LogP contribution in [0.5, 0.6) is 0 Å².